The van der Waals surface area contributed by atoms with Crippen molar-refractivity contribution < 1.29 is 0 Å². The fraction of sp³-hybridized carbons (Fsp3) is 0.350. The number of hydrogen-bond acceptors (Lipinski definition) is 3. The van der Waals surface area contributed by atoms with Crippen LogP contribution in [0.1, 0.15) is 31.2 Å². The van der Waals surface area contributed by atoms with Gasteiger partial charge in [-0.3, -0.25) is 0 Å². The first-order chi connectivity index (χ1) is 12.6. The molecule has 3 N–H and O–H groups in total. The first kappa shape index (κ1) is 17.7. The normalized spacial score (nSPS) is 20.4. The van der Waals surface area contributed by atoms with Crippen molar-refractivity contribution in [1.29, 1.82) is 0 Å². The van der Waals surface area contributed by atoms with Crippen molar-refractivity contribution in [1.82, 2.24) is 9.55 Å². The van der Waals surface area contributed by atoms with Crippen molar-refractivity contribution >= 4 is 40.2 Å². The summed E-state index contributed by atoms with van der Waals surface area (Å²) < 4.78 is 2.17. The molecule has 0 saturated heterocycles. The first-order valence-electron chi connectivity index (χ1n) is 9.03. The Hall–Kier alpha value is -1.75. The molecular weight excluding hydrogens is 367 g/mol. The lowest BCUT2D eigenvalue weighted by molar-refractivity contribution is 0.401. The molecule has 0 bridgehead atoms. The Bertz CT molecular complexity index is 921. The summed E-state index contributed by atoms with van der Waals surface area (Å²) >= 11 is 12.4. The van der Waals surface area contributed by atoms with Crippen LogP contribution in [0.5, 0.6) is 0 Å². The largest absolute Gasteiger partial charge is 0.351 e. The summed E-state index contributed by atoms with van der Waals surface area (Å²) in [5.41, 5.74) is 9.38. The van der Waals surface area contributed by atoms with Crippen LogP contribution in [0.15, 0.2) is 42.5 Å². The molecule has 1 saturated carbocycles. The van der Waals surface area contributed by atoms with Crippen molar-refractivity contribution in [2.24, 2.45) is 5.73 Å². The zero-order valence-corrected chi connectivity index (χ0v) is 16.0. The fourth-order valence-corrected chi connectivity index (χ4v) is 4.14. The molecule has 4 nitrogen and oxygen atoms in total. The summed E-state index contributed by atoms with van der Waals surface area (Å²) in [7, 11) is 0. The summed E-state index contributed by atoms with van der Waals surface area (Å²) in [6, 6.07) is 14.2. The number of rotatable bonds is 4. The van der Waals surface area contributed by atoms with Gasteiger partial charge in [0.2, 0.25) is 5.95 Å². The van der Waals surface area contributed by atoms with Crippen molar-refractivity contribution in [2.45, 2.75) is 44.3 Å². The van der Waals surface area contributed by atoms with Crippen LogP contribution in [0, 0.1) is 0 Å². The van der Waals surface area contributed by atoms with E-state index < -0.39 is 0 Å². The van der Waals surface area contributed by atoms with Crippen molar-refractivity contribution in [2.75, 3.05) is 5.32 Å². The van der Waals surface area contributed by atoms with E-state index in [1.807, 2.05) is 30.3 Å². The van der Waals surface area contributed by atoms with E-state index in [0.717, 1.165) is 35.4 Å². The molecule has 2 unspecified atom stereocenters. The minimum absolute atomic E-state index is 0.163. The average Bonchev–Trinajstić information content (AvgIpc) is 2.97. The third-order valence-corrected chi connectivity index (χ3v) is 5.72. The second-order valence-electron chi connectivity index (χ2n) is 6.95. The number of halogens is 2. The lowest BCUT2D eigenvalue weighted by atomic mass is 9.91. The molecule has 1 fully saturated rings. The van der Waals surface area contributed by atoms with Gasteiger partial charge in [0, 0.05) is 22.1 Å². The summed E-state index contributed by atoms with van der Waals surface area (Å²) in [4.78, 5) is 4.81. The van der Waals surface area contributed by atoms with E-state index in [0.29, 0.717) is 16.6 Å². The highest BCUT2D eigenvalue weighted by Gasteiger charge is 2.24. The minimum Gasteiger partial charge on any atom is -0.351 e. The predicted octanol–water partition coefficient (Wildman–Crippen LogP) is 5.07. The predicted molar refractivity (Wildman–Crippen MR) is 109 cm³/mol. The summed E-state index contributed by atoms with van der Waals surface area (Å²) in [6.45, 7) is 0.626. The molecule has 3 aromatic rings. The van der Waals surface area contributed by atoms with Gasteiger partial charge in [0.25, 0.3) is 0 Å². The Kier molecular flexibility index (Phi) is 5.07. The Morgan fingerprint density at radius 3 is 2.73 bits per heavy atom. The van der Waals surface area contributed by atoms with Crippen LogP contribution in [-0.2, 0) is 6.54 Å². The number of nitrogens with one attached hydrogen (secondary N) is 1. The van der Waals surface area contributed by atoms with Crippen LogP contribution in [0.4, 0.5) is 5.95 Å². The molecule has 0 radical (unpaired) electrons. The van der Waals surface area contributed by atoms with Crippen LogP contribution >= 0.6 is 23.2 Å². The molecule has 6 heteroatoms. The molecule has 2 atom stereocenters. The van der Waals surface area contributed by atoms with Crippen molar-refractivity contribution in [3.63, 3.8) is 0 Å². The zero-order valence-electron chi connectivity index (χ0n) is 14.5. The van der Waals surface area contributed by atoms with Crippen LogP contribution in [-0.4, -0.2) is 21.6 Å². The molecule has 4 rings (SSSR count). The number of anilines is 1. The SMILES string of the molecule is NC1CCCCC1Nc1nc2ccccc2n1Cc1ccc(Cl)cc1Cl. The number of fused-ring (bicyclic) bond motifs is 1. The number of hydrogen-bond donors (Lipinski definition) is 2. The number of para-hydroxylation sites is 2. The Morgan fingerprint density at radius 2 is 1.92 bits per heavy atom. The lowest BCUT2D eigenvalue weighted by Crippen LogP contribution is -2.43. The number of benzene rings is 2. The standard InChI is InChI=1S/C20H22Cl2N4/c21-14-10-9-13(15(22)11-14)12-26-19-8-4-3-7-18(19)25-20(26)24-17-6-2-1-5-16(17)23/h3-4,7-11,16-17H,1-2,5-6,12,23H2,(H,24,25). The Morgan fingerprint density at radius 1 is 1.12 bits per heavy atom. The number of imidazole rings is 1. The maximum atomic E-state index is 6.41. The molecule has 1 aliphatic rings. The van der Waals surface area contributed by atoms with E-state index in [1.54, 1.807) is 6.07 Å². The van der Waals surface area contributed by atoms with Gasteiger partial charge >= 0.3 is 0 Å². The van der Waals surface area contributed by atoms with Crippen LogP contribution in [0.25, 0.3) is 11.0 Å². The van der Waals surface area contributed by atoms with Crippen LogP contribution in [0.3, 0.4) is 0 Å². The third-order valence-electron chi connectivity index (χ3n) is 5.13. The topological polar surface area (TPSA) is 55.9 Å². The summed E-state index contributed by atoms with van der Waals surface area (Å²) in [5.74, 6) is 0.847. The smallest absolute Gasteiger partial charge is 0.204 e. The Labute approximate surface area is 163 Å². The van der Waals surface area contributed by atoms with Gasteiger partial charge in [0.1, 0.15) is 0 Å². The Balaban J connectivity index is 1.71. The van der Waals surface area contributed by atoms with Gasteiger partial charge in [-0.2, -0.15) is 0 Å². The van der Waals surface area contributed by atoms with Gasteiger partial charge in [-0.05, 0) is 42.7 Å². The molecule has 136 valence electrons. The van der Waals surface area contributed by atoms with Gasteiger partial charge in [0.05, 0.1) is 17.6 Å². The molecule has 0 amide bonds. The second kappa shape index (κ2) is 7.47. The highest BCUT2D eigenvalue weighted by atomic mass is 35.5. The first-order valence-corrected chi connectivity index (χ1v) is 9.79. The lowest BCUT2D eigenvalue weighted by Gasteiger charge is -2.30. The van der Waals surface area contributed by atoms with Gasteiger partial charge in [-0.1, -0.05) is 54.2 Å². The highest BCUT2D eigenvalue weighted by Crippen LogP contribution is 2.28. The van der Waals surface area contributed by atoms with Crippen LogP contribution < -0.4 is 11.1 Å². The molecule has 0 spiro atoms. The van der Waals surface area contributed by atoms with E-state index in [1.165, 1.54) is 12.8 Å². The molecule has 2 aromatic carbocycles. The van der Waals surface area contributed by atoms with E-state index >= 15 is 0 Å². The van der Waals surface area contributed by atoms with Crippen LogP contribution in [0.2, 0.25) is 10.0 Å². The number of nitrogens with zero attached hydrogens (tertiary/aromatic N) is 2. The molecule has 26 heavy (non-hydrogen) atoms. The van der Waals surface area contributed by atoms with Crippen molar-refractivity contribution in [3.8, 4) is 0 Å². The van der Waals surface area contributed by atoms with E-state index in [-0.39, 0.29) is 12.1 Å². The average molecular weight is 389 g/mol. The van der Waals surface area contributed by atoms with Gasteiger partial charge in [-0.15, -0.1) is 0 Å². The van der Waals surface area contributed by atoms with E-state index in [4.69, 9.17) is 33.9 Å². The van der Waals surface area contributed by atoms with Gasteiger partial charge in [-0.25, -0.2) is 4.98 Å². The zero-order chi connectivity index (χ0) is 18.1. The summed E-state index contributed by atoms with van der Waals surface area (Å²) in [6.07, 6.45) is 4.54. The minimum atomic E-state index is 0.163. The number of aromatic nitrogens is 2. The monoisotopic (exact) mass is 388 g/mol. The quantitative estimate of drug-likeness (QED) is 0.655. The fourth-order valence-electron chi connectivity index (χ4n) is 3.67. The maximum Gasteiger partial charge on any atom is 0.204 e. The second-order valence-corrected chi connectivity index (χ2v) is 7.79. The van der Waals surface area contributed by atoms with Gasteiger partial charge in [0.15, 0.2) is 0 Å². The molecule has 0 aliphatic heterocycles. The third kappa shape index (κ3) is 3.54. The van der Waals surface area contributed by atoms with E-state index in [9.17, 15) is 0 Å². The molecule has 1 aliphatic carbocycles. The van der Waals surface area contributed by atoms with Crippen molar-refractivity contribution in [3.05, 3.63) is 58.1 Å². The molecule has 1 aromatic heterocycles. The number of nitrogens with two attached hydrogens (primary N) is 1. The molecule has 1 heterocycles. The highest BCUT2D eigenvalue weighted by molar-refractivity contribution is 6.35. The van der Waals surface area contributed by atoms with Gasteiger partial charge < -0.3 is 15.6 Å². The molecular formula is C20H22Cl2N4. The maximum absolute atomic E-state index is 6.41. The summed E-state index contributed by atoms with van der Waals surface area (Å²) in [5, 5.41) is 4.90. The van der Waals surface area contributed by atoms with E-state index in [2.05, 4.69) is 16.0 Å².